The Kier molecular flexibility index (Phi) is 9.09. The Labute approximate surface area is 220 Å². The molecule has 0 aliphatic carbocycles. The van der Waals surface area contributed by atoms with Crippen molar-refractivity contribution < 1.29 is 28.1 Å². The first-order valence-corrected chi connectivity index (χ1v) is 12.8. The first-order chi connectivity index (χ1) is 18.3. The lowest BCUT2D eigenvalue weighted by Crippen LogP contribution is -2.43. The van der Waals surface area contributed by atoms with Crippen LogP contribution in [-0.2, 0) is 6.54 Å². The Morgan fingerprint density at radius 1 is 1.16 bits per heavy atom. The SMILES string of the molecule is COc1ccc2ncc(CN)c(C(O)CCC3(CO)CCN(CCNc4c(F)cc(F)cc4F)CC3)c2c1. The minimum Gasteiger partial charge on any atom is -0.497 e. The summed E-state index contributed by atoms with van der Waals surface area (Å²) in [7, 11) is 1.59. The zero-order chi connectivity index (χ0) is 27.3. The van der Waals surface area contributed by atoms with Crippen molar-refractivity contribution in [2.24, 2.45) is 11.1 Å². The summed E-state index contributed by atoms with van der Waals surface area (Å²) in [6, 6.07) is 6.84. The van der Waals surface area contributed by atoms with Gasteiger partial charge in [0.2, 0.25) is 0 Å². The predicted octanol–water partition coefficient (Wildman–Crippen LogP) is 4.12. The van der Waals surface area contributed by atoms with E-state index >= 15 is 0 Å². The van der Waals surface area contributed by atoms with Crippen molar-refractivity contribution in [1.29, 1.82) is 0 Å². The molecule has 1 fully saturated rings. The Balaban J connectivity index is 1.35. The van der Waals surface area contributed by atoms with Crippen LogP contribution in [0, 0.1) is 22.9 Å². The molecule has 0 bridgehead atoms. The number of anilines is 1. The number of aromatic nitrogens is 1. The summed E-state index contributed by atoms with van der Waals surface area (Å²) in [5.41, 5.74) is 7.56. The lowest BCUT2D eigenvalue weighted by atomic mass is 9.74. The summed E-state index contributed by atoms with van der Waals surface area (Å²) in [5, 5.41) is 25.1. The summed E-state index contributed by atoms with van der Waals surface area (Å²) in [6.07, 6.45) is 3.45. The molecule has 2 aromatic carbocycles. The molecule has 2 heterocycles. The molecule has 3 aromatic rings. The third-order valence-corrected chi connectivity index (χ3v) is 7.69. The summed E-state index contributed by atoms with van der Waals surface area (Å²) < 4.78 is 46.2. The lowest BCUT2D eigenvalue weighted by Gasteiger charge is -2.41. The van der Waals surface area contributed by atoms with Gasteiger partial charge in [0.25, 0.3) is 0 Å². The van der Waals surface area contributed by atoms with Crippen molar-refractivity contribution in [3.8, 4) is 5.75 Å². The summed E-state index contributed by atoms with van der Waals surface area (Å²) >= 11 is 0. The predicted molar refractivity (Wildman–Crippen MR) is 140 cm³/mol. The summed E-state index contributed by atoms with van der Waals surface area (Å²) in [5.74, 6) is -2.21. The van der Waals surface area contributed by atoms with Crippen LogP contribution in [0.5, 0.6) is 5.75 Å². The van der Waals surface area contributed by atoms with Gasteiger partial charge < -0.3 is 30.9 Å². The minimum absolute atomic E-state index is 0.00642. The molecule has 1 aliphatic heterocycles. The van der Waals surface area contributed by atoms with Gasteiger partial charge in [-0.2, -0.15) is 0 Å². The van der Waals surface area contributed by atoms with Crippen molar-refractivity contribution in [2.75, 3.05) is 45.2 Å². The number of nitrogens with two attached hydrogens (primary N) is 1. The van der Waals surface area contributed by atoms with E-state index < -0.39 is 23.6 Å². The number of hydrogen-bond acceptors (Lipinski definition) is 7. The highest BCUT2D eigenvalue weighted by atomic mass is 19.1. The highest BCUT2D eigenvalue weighted by Crippen LogP contribution is 2.39. The van der Waals surface area contributed by atoms with E-state index in [1.807, 2.05) is 18.2 Å². The number of likely N-dealkylation sites (tertiary alicyclic amines) is 1. The van der Waals surface area contributed by atoms with E-state index in [1.54, 1.807) is 13.3 Å². The zero-order valence-corrected chi connectivity index (χ0v) is 21.5. The quantitative estimate of drug-likeness (QED) is 0.295. The third-order valence-electron chi connectivity index (χ3n) is 7.69. The molecule has 1 aliphatic rings. The maximum absolute atomic E-state index is 13.8. The molecule has 0 saturated carbocycles. The first kappa shape index (κ1) is 28.1. The van der Waals surface area contributed by atoms with Crippen LogP contribution in [0.25, 0.3) is 10.9 Å². The van der Waals surface area contributed by atoms with E-state index in [4.69, 9.17) is 10.5 Å². The number of hydrogen-bond donors (Lipinski definition) is 4. The molecular weight excluding hydrogens is 497 g/mol. The molecule has 4 rings (SSSR count). The van der Waals surface area contributed by atoms with Crippen LogP contribution in [0.2, 0.25) is 0 Å². The van der Waals surface area contributed by atoms with Gasteiger partial charge in [-0.05, 0) is 73.5 Å². The van der Waals surface area contributed by atoms with Gasteiger partial charge in [-0.15, -0.1) is 0 Å². The number of nitrogens with zero attached hydrogens (tertiary/aromatic N) is 2. The molecule has 10 heteroatoms. The topological polar surface area (TPSA) is 104 Å². The maximum Gasteiger partial charge on any atom is 0.152 e. The second kappa shape index (κ2) is 12.3. The number of halogens is 3. The molecule has 38 heavy (non-hydrogen) atoms. The van der Waals surface area contributed by atoms with Crippen LogP contribution in [0.15, 0.2) is 36.5 Å². The molecule has 0 amide bonds. The van der Waals surface area contributed by atoms with Crippen LogP contribution >= 0.6 is 0 Å². The van der Waals surface area contributed by atoms with Gasteiger partial charge in [-0.25, -0.2) is 13.2 Å². The number of nitrogens with one attached hydrogen (secondary N) is 1. The monoisotopic (exact) mass is 532 g/mol. The van der Waals surface area contributed by atoms with Gasteiger partial charge >= 0.3 is 0 Å². The highest BCUT2D eigenvalue weighted by Gasteiger charge is 2.34. The van der Waals surface area contributed by atoms with E-state index in [2.05, 4.69) is 15.2 Å². The number of aliphatic hydroxyl groups excluding tert-OH is 2. The van der Waals surface area contributed by atoms with Gasteiger partial charge in [0.05, 0.1) is 18.7 Å². The molecule has 0 radical (unpaired) electrons. The van der Waals surface area contributed by atoms with Crippen molar-refractivity contribution in [3.63, 3.8) is 0 Å². The van der Waals surface area contributed by atoms with Crippen LogP contribution < -0.4 is 15.8 Å². The fourth-order valence-corrected chi connectivity index (χ4v) is 5.29. The molecule has 206 valence electrons. The molecule has 1 saturated heterocycles. The van der Waals surface area contributed by atoms with E-state index in [0.717, 1.165) is 34.9 Å². The van der Waals surface area contributed by atoms with Gasteiger partial charge in [0.1, 0.15) is 17.3 Å². The molecule has 5 N–H and O–H groups in total. The van der Waals surface area contributed by atoms with Crippen molar-refractivity contribution in [2.45, 2.75) is 38.3 Å². The number of fused-ring (bicyclic) bond motifs is 1. The number of rotatable bonds is 11. The molecule has 1 atom stereocenters. The van der Waals surface area contributed by atoms with Gasteiger partial charge in [0.15, 0.2) is 11.6 Å². The van der Waals surface area contributed by atoms with Crippen LogP contribution in [0.3, 0.4) is 0 Å². The number of aliphatic hydroxyl groups is 2. The minimum atomic E-state index is -0.961. The van der Waals surface area contributed by atoms with E-state index in [-0.39, 0.29) is 24.3 Å². The molecule has 1 aromatic heterocycles. The van der Waals surface area contributed by atoms with Crippen molar-refractivity contribution in [3.05, 3.63) is 65.1 Å². The number of benzene rings is 2. The molecular formula is C28H35F3N4O3. The highest BCUT2D eigenvalue weighted by molar-refractivity contribution is 5.85. The van der Waals surface area contributed by atoms with E-state index in [1.165, 1.54) is 0 Å². The van der Waals surface area contributed by atoms with Gasteiger partial charge in [0, 0.05) is 50.0 Å². The largest absolute Gasteiger partial charge is 0.497 e. The molecule has 0 spiro atoms. The van der Waals surface area contributed by atoms with Crippen LogP contribution in [0.4, 0.5) is 18.9 Å². The Morgan fingerprint density at radius 3 is 2.50 bits per heavy atom. The number of pyridine rings is 1. The fourth-order valence-electron chi connectivity index (χ4n) is 5.29. The Bertz CT molecular complexity index is 1220. The standard InChI is InChI=1S/C28H35F3N4O3/c1-38-20-2-3-24-21(14-20)26(18(15-32)16-34-24)25(37)4-5-28(17-36)6-9-35(10-7-28)11-8-33-27-22(30)12-19(29)13-23(27)31/h2-3,12-14,16,25,33,36-37H,4-11,15,17,32H2,1H3. The molecule has 7 nitrogen and oxygen atoms in total. The van der Waals surface area contributed by atoms with E-state index in [0.29, 0.717) is 56.9 Å². The number of methoxy groups -OCH3 is 1. The first-order valence-electron chi connectivity index (χ1n) is 12.8. The van der Waals surface area contributed by atoms with Gasteiger partial charge in [-0.3, -0.25) is 4.98 Å². The molecule has 1 unspecified atom stereocenters. The summed E-state index contributed by atoms with van der Waals surface area (Å²) in [4.78, 5) is 6.62. The van der Waals surface area contributed by atoms with Crippen LogP contribution in [0.1, 0.15) is 42.9 Å². The zero-order valence-electron chi connectivity index (χ0n) is 21.5. The second-order valence-corrected chi connectivity index (χ2v) is 10.0. The van der Waals surface area contributed by atoms with Gasteiger partial charge in [-0.1, -0.05) is 0 Å². The second-order valence-electron chi connectivity index (χ2n) is 10.0. The average Bonchev–Trinajstić information content (AvgIpc) is 2.92. The number of piperidine rings is 1. The Morgan fingerprint density at radius 2 is 1.87 bits per heavy atom. The summed E-state index contributed by atoms with van der Waals surface area (Å²) in [6.45, 7) is 2.50. The van der Waals surface area contributed by atoms with E-state index in [9.17, 15) is 23.4 Å². The van der Waals surface area contributed by atoms with Crippen molar-refractivity contribution >= 4 is 16.6 Å². The fraction of sp³-hybridized carbons (Fsp3) is 0.464. The maximum atomic E-state index is 13.8. The average molecular weight is 533 g/mol. The lowest BCUT2D eigenvalue weighted by molar-refractivity contribution is 0.0247. The van der Waals surface area contributed by atoms with Crippen LogP contribution in [-0.4, -0.2) is 60.0 Å². The normalized spacial score (nSPS) is 16.5. The van der Waals surface area contributed by atoms with Crippen molar-refractivity contribution in [1.82, 2.24) is 9.88 Å². The smallest absolute Gasteiger partial charge is 0.152 e. The Hall–Kier alpha value is -2.92. The third kappa shape index (κ3) is 6.20. The number of ether oxygens (including phenoxy) is 1.